The van der Waals surface area contributed by atoms with Gasteiger partial charge in [-0.3, -0.25) is 9.48 Å². The van der Waals surface area contributed by atoms with Gasteiger partial charge in [-0.1, -0.05) is 5.21 Å². The van der Waals surface area contributed by atoms with Crippen molar-refractivity contribution >= 4 is 46.2 Å². The van der Waals surface area contributed by atoms with Crippen molar-refractivity contribution < 1.29 is 14.7 Å². The van der Waals surface area contributed by atoms with Crippen LogP contribution in [0, 0.1) is 11.3 Å². The first kappa shape index (κ1) is 29.1. The number of amides is 1. The van der Waals surface area contributed by atoms with Gasteiger partial charge in [-0.15, -0.1) is 5.10 Å². The van der Waals surface area contributed by atoms with Crippen LogP contribution < -0.4 is 27.8 Å². The first-order valence-corrected chi connectivity index (χ1v) is 13.3. The van der Waals surface area contributed by atoms with Crippen molar-refractivity contribution in [2.75, 3.05) is 22.5 Å². The van der Waals surface area contributed by atoms with Gasteiger partial charge in [0.2, 0.25) is 5.95 Å². The van der Waals surface area contributed by atoms with Gasteiger partial charge in [-0.25, -0.2) is 14.8 Å². The Morgan fingerprint density at radius 1 is 1.07 bits per heavy atom. The summed E-state index contributed by atoms with van der Waals surface area (Å²) in [4.78, 5) is 41.2. The van der Waals surface area contributed by atoms with Crippen LogP contribution in [-0.4, -0.2) is 58.0 Å². The van der Waals surface area contributed by atoms with Crippen LogP contribution >= 0.6 is 0 Å². The van der Waals surface area contributed by atoms with Crippen LogP contribution in [-0.2, 0) is 17.9 Å². The van der Waals surface area contributed by atoms with Crippen molar-refractivity contribution in [3.63, 3.8) is 0 Å². The first-order valence-electron chi connectivity index (χ1n) is 13.3. The van der Waals surface area contributed by atoms with Gasteiger partial charge in [0, 0.05) is 29.0 Å². The highest BCUT2D eigenvalue weighted by Gasteiger charge is 2.21. The first-order chi connectivity index (χ1) is 21.2. The Hall–Kier alpha value is -6.37. The highest BCUT2D eigenvalue weighted by molar-refractivity contribution is 5.96. The minimum absolute atomic E-state index is 0.0156. The zero-order valence-corrected chi connectivity index (χ0v) is 23.2. The van der Waals surface area contributed by atoms with E-state index in [0.29, 0.717) is 70.1 Å². The number of carbonyl (C=O) groups is 2. The summed E-state index contributed by atoms with van der Waals surface area (Å²) in [5, 5.41) is 33.0. The second kappa shape index (κ2) is 12.7. The molecule has 0 aliphatic heterocycles. The van der Waals surface area contributed by atoms with Crippen LogP contribution in [0.4, 0.5) is 23.1 Å². The van der Waals surface area contributed by atoms with Crippen molar-refractivity contribution in [3.05, 3.63) is 71.7 Å². The number of hydrogen-bond acceptors (Lipinski definition) is 13. The molecule has 5 rings (SSSR count). The molecule has 2 aromatic carbocycles. The van der Waals surface area contributed by atoms with Crippen molar-refractivity contribution in [3.8, 4) is 17.3 Å². The number of carboxylic acids is 1. The number of nitrogens with zero attached hydrogens (tertiary/aromatic N) is 8. The van der Waals surface area contributed by atoms with Crippen LogP contribution in [0.3, 0.4) is 0 Å². The van der Waals surface area contributed by atoms with Gasteiger partial charge in [0.25, 0.3) is 5.91 Å². The average Bonchev–Trinajstić information content (AvgIpc) is 3.48. The van der Waals surface area contributed by atoms with E-state index in [1.165, 1.54) is 0 Å². The van der Waals surface area contributed by atoms with Gasteiger partial charge in [0.05, 0.1) is 36.3 Å². The van der Waals surface area contributed by atoms with E-state index < -0.39 is 17.9 Å². The number of rotatable bonds is 11. The van der Waals surface area contributed by atoms with Crippen molar-refractivity contribution in [1.29, 1.82) is 5.26 Å². The number of aryl methyl sites for hydroxylation is 1. The SMILES string of the molecule is N#Cc1cc(N)ccc1-c1cn(CCC[C@H](NC(=O)c2ccc(NCc3cnc4nc(N)nc(N)c4n3)cc2)C(=O)O)nn1. The molecule has 222 valence electrons. The third kappa shape index (κ3) is 6.74. The molecule has 0 aliphatic carbocycles. The predicted octanol–water partition coefficient (Wildman–Crippen LogP) is 1.57. The van der Waals surface area contributed by atoms with Gasteiger partial charge < -0.3 is 32.9 Å². The molecule has 0 saturated heterocycles. The van der Waals surface area contributed by atoms with Crippen LogP contribution in [0.25, 0.3) is 22.4 Å². The Bertz CT molecular complexity index is 1880. The Morgan fingerprint density at radius 2 is 1.86 bits per heavy atom. The summed E-state index contributed by atoms with van der Waals surface area (Å²) in [6.45, 7) is 0.672. The smallest absolute Gasteiger partial charge is 0.326 e. The van der Waals surface area contributed by atoms with Crippen LogP contribution in [0.2, 0.25) is 0 Å². The molecule has 0 unspecified atom stereocenters. The number of benzene rings is 2. The van der Waals surface area contributed by atoms with E-state index in [0.717, 1.165) is 0 Å². The number of nitrogens with one attached hydrogen (secondary N) is 2. The molecule has 0 fully saturated rings. The normalized spacial score (nSPS) is 11.5. The molecule has 3 heterocycles. The molecule has 9 N–H and O–H groups in total. The molecule has 0 spiro atoms. The van der Waals surface area contributed by atoms with Crippen molar-refractivity contribution in [2.45, 2.75) is 32.0 Å². The summed E-state index contributed by atoms with van der Waals surface area (Å²) in [5.41, 5.74) is 21.4. The van der Waals surface area contributed by atoms with Crippen molar-refractivity contribution in [2.24, 2.45) is 0 Å². The van der Waals surface area contributed by atoms with E-state index in [1.807, 2.05) is 0 Å². The molecule has 0 bridgehead atoms. The van der Waals surface area contributed by atoms with Crippen LogP contribution in [0.1, 0.15) is 34.5 Å². The maximum Gasteiger partial charge on any atom is 0.326 e. The molecule has 0 saturated carbocycles. The average molecular weight is 594 g/mol. The number of hydrogen-bond donors (Lipinski definition) is 6. The molecule has 0 radical (unpaired) electrons. The number of aromatic nitrogens is 7. The Labute approximate surface area is 250 Å². The quantitative estimate of drug-likeness (QED) is 0.119. The number of carbonyl (C=O) groups excluding carboxylic acids is 1. The van der Waals surface area contributed by atoms with E-state index in [9.17, 15) is 20.0 Å². The Kier molecular flexibility index (Phi) is 8.38. The molecule has 16 heteroatoms. The monoisotopic (exact) mass is 593 g/mol. The summed E-state index contributed by atoms with van der Waals surface area (Å²) >= 11 is 0. The van der Waals surface area contributed by atoms with E-state index in [2.05, 4.69) is 47.0 Å². The third-order valence-electron chi connectivity index (χ3n) is 6.58. The Morgan fingerprint density at radius 3 is 2.61 bits per heavy atom. The maximum atomic E-state index is 12.8. The van der Waals surface area contributed by atoms with Crippen molar-refractivity contribution in [1.82, 2.24) is 40.2 Å². The zero-order chi connectivity index (χ0) is 31.2. The van der Waals surface area contributed by atoms with E-state index in [4.69, 9.17) is 17.2 Å². The molecule has 1 atom stereocenters. The summed E-state index contributed by atoms with van der Waals surface area (Å²) < 4.78 is 1.56. The van der Waals surface area contributed by atoms with Crippen LogP contribution in [0.15, 0.2) is 54.9 Å². The van der Waals surface area contributed by atoms with Gasteiger partial charge in [0.1, 0.15) is 11.7 Å². The van der Waals surface area contributed by atoms with Gasteiger partial charge >= 0.3 is 5.97 Å². The summed E-state index contributed by atoms with van der Waals surface area (Å²) in [6.07, 6.45) is 3.78. The number of carboxylic acid groups (broad SMARTS) is 1. The van der Waals surface area contributed by atoms with Crippen LogP contribution in [0.5, 0.6) is 0 Å². The minimum Gasteiger partial charge on any atom is -0.480 e. The molecule has 3 aromatic heterocycles. The molecule has 16 nitrogen and oxygen atoms in total. The summed E-state index contributed by atoms with van der Waals surface area (Å²) in [7, 11) is 0. The lowest BCUT2D eigenvalue weighted by Crippen LogP contribution is -2.40. The van der Waals surface area contributed by atoms with Gasteiger partial charge in [-0.05, 0) is 55.3 Å². The summed E-state index contributed by atoms with van der Waals surface area (Å²) in [5.74, 6) is -1.52. The molecule has 1 amide bonds. The number of nitriles is 1. The fourth-order valence-corrected chi connectivity index (χ4v) is 4.37. The fraction of sp³-hybridized carbons (Fsp3) is 0.179. The highest BCUT2D eigenvalue weighted by Crippen LogP contribution is 2.23. The summed E-state index contributed by atoms with van der Waals surface area (Å²) in [6, 6.07) is 12.5. The standard InChI is InChI=1S/C28H27N13O3/c29-11-16-10-17(30)5-8-20(16)22-14-41(40-39-22)9-1-2-21(27(43)44)36-26(42)15-3-6-18(7-4-15)33-12-19-13-34-25-23(35-19)24(31)37-28(32)38-25/h3-8,10,13-14,21,33H,1-2,9,12,30H2,(H,36,42)(H,43,44)(H4,31,32,34,37,38)/t21-/m0/s1. The Balaban J connectivity index is 1.13. The molecule has 0 aliphatic rings. The highest BCUT2D eigenvalue weighted by atomic mass is 16.4. The second-order valence-electron chi connectivity index (χ2n) is 9.72. The van der Waals surface area contributed by atoms with E-state index in [-0.39, 0.29) is 18.2 Å². The minimum atomic E-state index is -1.15. The molecular formula is C28H27N13O3. The number of nitrogen functional groups attached to an aromatic ring is 3. The maximum absolute atomic E-state index is 12.8. The lowest BCUT2D eigenvalue weighted by Gasteiger charge is -2.15. The number of fused-ring (bicyclic) bond motifs is 1. The fourth-order valence-electron chi connectivity index (χ4n) is 4.37. The second-order valence-corrected chi connectivity index (χ2v) is 9.72. The zero-order valence-electron chi connectivity index (χ0n) is 23.2. The number of aliphatic carboxylic acids is 1. The molecular weight excluding hydrogens is 566 g/mol. The van der Waals surface area contributed by atoms with Gasteiger partial charge in [0.15, 0.2) is 17.0 Å². The number of anilines is 4. The third-order valence-corrected chi connectivity index (χ3v) is 6.58. The largest absolute Gasteiger partial charge is 0.480 e. The lowest BCUT2D eigenvalue weighted by atomic mass is 10.1. The molecule has 44 heavy (non-hydrogen) atoms. The topological polar surface area (TPSA) is 263 Å². The molecule has 5 aromatic rings. The number of nitrogens with two attached hydrogens (primary N) is 3. The van der Waals surface area contributed by atoms with Gasteiger partial charge in [-0.2, -0.15) is 15.2 Å². The van der Waals surface area contributed by atoms with E-state index in [1.54, 1.807) is 59.5 Å². The van der Waals surface area contributed by atoms with E-state index >= 15 is 0 Å². The lowest BCUT2D eigenvalue weighted by molar-refractivity contribution is -0.139. The predicted molar refractivity (Wildman–Crippen MR) is 160 cm³/mol.